The molecule has 0 N–H and O–H groups in total. The van der Waals surface area contributed by atoms with Crippen LogP contribution in [0.3, 0.4) is 0 Å². The molecule has 10 heteroatoms. The van der Waals surface area contributed by atoms with Gasteiger partial charge in [-0.05, 0) is 19.8 Å². The second-order valence-corrected chi connectivity index (χ2v) is 5.80. The average Bonchev–Trinajstić information content (AvgIpc) is 2.96. The lowest BCUT2D eigenvalue weighted by Crippen LogP contribution is -2.48. The molecule has 1 aliphatic rings. The molecule has 24 heavy (non-hydrogen) atoms. The minimum Gasteiger partial charge on any atom is -0.336 e. The topological polar surface area (TPSA) is 71.3 Å². The second kappa shape index (κ2) is 7.18. The van der Waals surface area contributed by atoms with E-state index in [1.54, 1.807) is 7.05 Å². The van der Waals surface area contributed by atoms with Gasteiger partial charge in [0.25, 0.3) is 5.91 Å². The quantitative estimate of drug-likeness (QED) is 0.817. The molecule has 0 spiro atoms. The fraction of sp³-hybridized carbons (Fsp3) is 0.714. The zero-order valence-corrected chi connectivity index (χ0v) is 13.6. The Kier molecular flexibility index (Phi) is 5.45. The fourth-order valence-electron chi connectivity index (χ4n) is 2.83. The van der Waals surface area contributed by atoms with E-state index in [2.05, 4.69) is 10.3 Å². The fourth-order valence-corrected chi connectivity index (χ4v) is 2.83. The largest absolute Gasteiger partial charge is 0.406 e. The Balaban J connectivity index is 2.05. The van der Waals surface area contributed by atoms with Gasteiger partial charge in [0, 0.05) is 26.7 Å². The Bertz CT molecular complexity index is 601. The van der Waals surface area contributed by atoms with Crippen LogP contribution in [0.2, 0.25) is 0 Å². The zero-order valence-electron chi connectivity index (χ0n) is 13.6. The van der Waals surface area contributed by atoms with Gasteiger partial charge >= 0.3 is 6.18 Å². The first-order chi connectivity index (χ1) is 11.2. The molecule has 1 aromatic heterocycles. The number of carbonyl (C=O) groups is 2. The van der Waals surface area contributed by atoms with Crippen LogP contribution in [0.15, 0.2) is 6.20 Å². The van der Waals surface area contributed by atoms with Gasteiger partial charge in [-0.3, -0.25) is 9.59 Å². The lowest BCUT2D eigenvalue weighted by Gasteiger charge is -2.34. The summed E-state index contributed by atoms with van der Waals surface area (Å²) in [7, 11) is 1.58. The molecule has 1 fully saturated rings. The number of aryl methyl sites for hydroxylation is 1. The van der Waals surface area contributed by atoms with Gasteiger partial charge in [-0.2, -0.15) is 13.2 Å². The van der Waals surface area contributed by atoms with Crippen molar-refractivity contribution in [1.29, 1.82) is 0 Å². The first-order valence-electron chi connectivity index (χ1n) is 7.72. The number of aromatic nitrogens is 3. The van der Waals surface area contributed by atoms with Crippen LogP contribution in [0, 0.1) is 5.92 Å². The van der Waals surface area contributed by atoms with E-state index in [-0.39, 0.29) is 24.7 Å². The summed E-state index contributed by atoms with van der Waals surface area (Å²) < 4.78 is 39.1. The van der Waals surface area contributed by atoms with Crippen molar-refractivity contribution in [3.8, 4) is 0 Å². The molecule has 0 bridgehead atoms. The number of rotatable bonds is 4. The Labute approximate surface area is 137 Å². The first kappa shape index (κ1) is 18.2. The number of piperidine rings is 1. The van der Waals surface area contributed by atoms with Crippen molar-refractivity contribution < 1.29 is 22.8 Å². The molecule has 0 aliphatic carbocycles. The number of amides is 2. The third-order valence-electron chi connectivity index (χ3n) is 4.05. The van der Waals surface area contributed by atoms with Crippen LogP contribution in [-0.4, -0.2) is 69.0 Å². The van der Waals surface area contributed by atoms with Crippen molar-refractivity contribution in [3.63, 3.8) is 0 Å². The molecule has 1 atom stereocenters. The van der Waals surface area contributed by atoms with E-state index in [4.69, 9.17) is 0 Å². The van der Waals surface area contributed by atoms with E-state index >= 15 is 0 Å². The van der Waals surface area contributed by atoms with E-state index in [0.717, 1.165) is 4.90 Å². The monoisotopic (exact) mass is 347 g/mol. The van der Waals surface area contributed by atoms with Gasteiger partial charge in [0.15, 0.2) is 0 Å². The van der Waals surface area contributed by atoms with Gasteiger partial charge in [-0.1, -0.05) is 5.21 Å². The molecule has 1 aromatic rings. The Morgan fingerprint density at radius 2 is 2.12 bits per heavy atom. The third-order valence-corrected chi connectivity index (χ3v) is 4.05. The van der Waals surface area contributed by atoms with E-state index in [1.165, 1.54) is 22.7 Å². The highest BCUT2D eigenvalue weighted by Crippen LogP contribution is 2.23. The maximum absolute atomic E-state index is 12.6. The molecular formula is C14H20F3N5O2. The molecule has 0 radical (unpaired) electrons. The Morgan fingerprint density at radius 1 is 1.42 bits per heavy atom. The number of nitrogens with zero attached hydrogens (tertiary/aromatic N) is 5. The smallest absolute Gasteiger partial charge is 0.336 e. The summed E-state index contributed by atoms with van der Waals surface area (Å²) in [5.41, 5.74) is 0.283. The van der Waals surface area contributed by atoms with Gasteiger partial charge in [0.05, 0.1) is 12.1 Å². The van der Waals surface area contributed by atoms with E-state index < -0.39 is 24.5 Å². The van der Waals surface area contributed by atoms with E-state index in [1.807, 2.05) is 0 Å². The summed E-state index contributed by atoms with van der Waals surface area (Å²) in [6.07, 6.45) is -2.07. The summed E-state index contributed by atoms with van der Waals surface area (Å²) in [4.78, 5) is 27.1. The van der Waals surface area contributed by atoms with Gasteiger partial charge in [-0.15, -0.1) is 5.10 Å². The molecule has 0 aromatic carbocycles. The predicted octanol–water partition coefficient (Wildman–Crippen LogP) is 1.08. The highest BCUT2D eigenvalue weighted by atomic mass is 19.4. The Morgan fingerprint density at radius 3 is 2.67 bits per heavy atom. The SMILES string of the molecule is CCN(CC(F)(F)F)C(=O)C1CCCN(C(=O)c2cnnn2C)C1. The molecule has 1 unspecified atom stereocenters. The minimum absolute atomic E-state index is 0.0194. The number of alkyl halides is 3. The lowest BCUT2D eigenvalue weighted by atomic mass is 9.96. The lowest BCUT2D eigenvalue weighted by molar-refractivity contribution is -0.164. The van der Waals surface area contributed by atoms with Crippen molar-refractivity contribution in [3.05, 3.63) is 11.9 Å². The van der Waals surface area contributed by atoms with Crippen molar-refractivity contribution in [1.82, 2.24) is 24.8 Å². The van der Waals surface area contributed by atoms with Crippen LogP contribution in [0.25, 0.3) is 0 Å². The van der Waals surface area contributed by atoms with Crippen molar-refractivity contribution in [2.45, 2.75) is 25.9 Å². The Hall–Kier alpha value is -2.13. The predicted molar refractivity (Wildman–Crippen MR) is 77.9 cm³/mol. The summed E-state index contributed by atoms with van der Waals surface area (Å²) in [5.74, 6) is -1.50. The summed E-state index contributed by atoms with van der Waals surface area (Å²) in [5, 5.41) is 7.33. The standard InChI is InChI=1S/C14H20F3N5O2/c1-3-21(9-14(15,16)17)12(23)10-5-4-6-22(8-10)13(24)11-7-18-19-20(11)2/h7,10H,3-6,8-9H2,1-2H3. The zero-order chi connectivity index (χ0) is 17.9. The van der Waals surface area contributed by atoms with Crippen LogP contribution >= 0.6 is 0 Å². The van der Waals surface area contributed by atoms with Crippen LogP contribution in [-0.2, 0) is 11.8 Å². The molecule has 2 heterocycles. The van der Waals surface area contributed by atoms with Gasteiger partial charge < -0.3 is 9.80 Å². The van der Waals surface area contributed by atoms with Crippen molar-refractivity contribution in [2.75, 3.05) is 26.2 Å². The van der Waals surface area contributed by atoms with Gasteiger partial charge in [0.1, 0.15) is 12.2 Å². The van der Waals surface area contributed by atoms with Gasteiger partial charge in [0.2, 0.25) is 5.91 Å². The summed E-state index contributed by atoms with van der Waals surface area (Å²) in [6.45, 7) is 0.792. The average molecular weight is 347 g/mol. The molecular weight excluding hydrogens is 327 g/mol. The number of carbonyl (C=O) groups excluding carboxylic acids is 2. The number of hydrogen-bond donors (Lipinski definition) is 0. The van der Waals surface area contributed by atoms with Crippen LogP contribution < -0.4 is 0 Å². The second-order valence-electron chi connectivity index (χ2n) is 5.80. The number of halogens is 3. The summed E-state index contributed by atoms with van der Waals surface area (Å²) in [6, 6.07) is 0. The first-order valence-corrected chi connectivity index (χ1v) is 7.72. The normalized spacial score (nSPS) is 18.5. The molecule has 1 aliphatic heterocycles. The maximum Gasteiger partial charge on any atom is 0.406 e. The molecule has 1 saturated heterocycles. The molecule has 7 nitrogen and oxygen atoms in total. The van der Waals surface area contributed by atoms with E-state index in [9.17, 15) is 22.8 Å². The van der Waals surface area contributed by atoms with Crippen LogP contribution in [0.5, 0.6) is 0 Å². The molecule has 0 saturated carbocycles. The van der Waals surface area contributed by atoms with Crippen molar-refractivity contribution in [2.24, 2.45) is 13.0 Å². The van der Waals surface area contributed by atoms with Crippen LogP contribution in [0.4, 0.5) is 13.2 Å². The highest BCUT2D eigenvalue weighted by molar-refractivity contribution is 5.92. The van der Waals surface area contributed by atoms with Crippen LogP contribution in [0.1, 0.15) is 30.3 Å². The molecule has 2 amide bonds. The maximum atomic E-state index is 12.6. The van der Waals surface area contributed by atoms with Crippen molar-refractivity contribution >= 4 is 11.8 Å². The highest BCUT2D eigenvalue weighted by Gasteiger charge is 2.37. The minimum atomic E-state index is -4.43. The van der Waals surface area contributed by atoms with Gasteiger partial charge in [-0.25, -0.2) is 4.68 Å². The summed E-state index contributed by atoms with van der Waals surface area (Å²) >= 11 is 0. The number of hydrogen-bond acceptors (Lipinski definition) is 4. The third kappa shape index (κ3) is 4.24. The van der Waals surface area contributed by atoms with E-state index in [0.29, 0.717) is 19.4 Å². The molecule has 134 valence electrons. The molecule has 2 rings (SSSR count). The number of likely N-dealkylation sites (tertiary alicyclic amines) is 1.